The first-order valence-electron chi connectivity index (χ1n) is 4.83. The van der Waals surface area contributed by atoms with Crippen molar-refractivity contribution in [3.8, 4) is 0 Å². The molecule has 0 amide bonds. The van der Waals surface area contributed by atoms with Crippen molar-refractivity contribution in [2.24, 2.45) is 0 Å². The van der Waals surface area contributed by atoms with Crippen molar-refractivity contribution in [1.82, 2.24) is 0 Å². The lowest BCUT2D eigenvalue weighted by molar-refractivity contribution is 0.953. The van der Waals surface area contributed by atoms with Crippen molar-refractivity contribution in [2.45, 2.75) is 33.1 Å². The summed E-state index contributed by atoms with van der Waals surface area (Å²) >= 11 is 2.06. The third kappa shape index (κ3) is 2.71. The van der Waals surface area contributed by atoms with E-state index in [0.717, 1.165) is 6.42 Å². The van der Waals surface area contributed by atoms with Crippen LogP contribution in [0.4, 0.5) is 0 Å². The summed E-state index contributed by atoms with van der Waals surface area (Å²) in [7, 11) is 0. The molecule has 0 saturated carbocycles. The van der Waals surface area contributed by atoms with Gasteiger partial charge in [-0.25, -0.2) is 0 Å². The zero-order chi connectivity index (χ0) is 8.81. The normalized spacial score (nSPS) is 19.2. The van der Waals surface area contributed by atoms with Crippen molar-refractivity contribution >= 4 is 11.8 Å². The van der Waals surface area contributed by atoms with Crippen LogP contribution in [0, 0.1) is 0 Å². The van der Waals surface area contributed by atoms with Gasteiger partial charge in [0.25, 0.3) is 0 Å². The molecule has 1 heterocycles. The van der Waals surface area contributed by atoms with Crippen LogP contribution in [0.5, 0.6) is 0 Å². The molecule has 68 valence electrons. The van der Waals surface area contributed by atoms with Gasteiger partial charge >= 0.3 is 0 Å². The molecule has 0 atom stereocenters. The van der Waals surface area contributed by atoms with E-state index in [2.05, 4.69) is 37.8 Å². The molecule has 0 nitrogen and oxygen atoms in total. The van der Waals surface area contributed by atoms with Crippen LogP contribution in [0.1, 0.15) is 33.1 Å². The number of hydrogen-bond acceptors (Lipinski definition) is 1. The van der Waals surface area contributed by atoms with E-state index in [1.807, 2.05) is 0 Å². The molecule has 0 aromatic rings. The molecule has 0 fully saturated rings. The standard InChI is InChI=1S/C11H18S/c1-3-5-6-11-9-12-8-7-10(11)4-2/h5-6H,3-4,7-9H2,1-2H3/b6-5-. The summed E-state index contributed by atoms with van der Waals surface area (Å²) < 4.78 is 0. The van der Waals surface area contributed by atoms with Gasteiger partial charge in [0, 0.05) is 5.75 Å². The van der Waals surface area contributed by atoms with E-state index < -0.39 is 0 Å². The third-order valence-corrected chi connectivity index (χ3v) is 3.25. The van der Waals surface area contributed by atoms with Crippen molar-refractivity contribution in [2.75, 3.05) is 11.5 Å². The Labute approximate surface area is 80.1 Å². The summed E-state index contributed by atoms with van der Waals surface area (Å²) in [6.07, 6.45) is 8.31. The maximum Gasteiger partial charge on any atom is 0.0184 e. The molecule has 12 heavy (non-hydrogen) atoms. The Morgan fingerprint density at radius 2 is 2.25 bits per heavy atom. The topological polar surface area (TPSA) is 0 Å². The van der Waals surface area contributed by atoms with E-state index in [9.17, 15) is 0 Å². The molecule has 0 saturated heterocycles. The second-order valence-corrected chi connectivity index (χ2v) is 4.20. The molecule has 0 aromatic carbocycles. The lowest BCUT2D eigenvalue weighted by atomic mass is 10.0. The SMILES string of the molecule is CC/C=C\C1=C(CC)CCSC1. The lowest BCUT2D eigenvalue weighted by Gasteiger charge is -2.16. The highest BCUT2D eigenvalue weighted by atomic mass is 32.2. The van der Waals surface area contributed by atoms with Gasteiger partial charge in [-0.15, -0.1) is 0 Å². The summed E-state index contributed by atoms with van der Waals surface area (Å²) in [4.78, 5) is 0. The smallest absolute Gasteiger partial charge is 0.0184 e. The van der Waals surface area contributed by atoms with Crippen molar-refractivity contribution in [3.63, 3.8) is 0 Å². The zero-order valence-electron chi connectivity index (χ0n) is 8.10. The molecule has 0 unspecified atom stereocenters. The summed E-state index contributed by atoms with van der Waals surface area (Å²) in [6.45, 7) is 4.46. The highest BCUT2D eigenvalue weighted by Crippen LogP contribution is 2.26. The van der Waals surface area contributed by atoms with E-state index >= 15 is 0 Å². The maximum absolute atomic E-state index is 2.32. The summed E-state index contributed by atoms with van der Waals surface area (Å²) in [5.41, 5.74) is 3.27. The van der Waals surface area contributed by atoms with Gasteiger partial charge in [0.1, 0.15) is 0 Å². The summed E-state index contributed by atoms with van der Waals surface area (Å²) in [6, 6.07) is 0. The van der Waals surface area contributed by atoms with Gasteiger partial charge < -0.3 is 0 Å². The van der Waals surface area contributed by atoms with Crippen molar-refractivity contribution in [3.05, 3.63) is 23.3 Å². The second kappa shape index (κ2) is 5.47. The Bertz CT molecular complexity index is 189. The molecule has 1 aliphatic rings. The fraction of sp³-hybridized carbons (Fsp3) is 0.636. The Balaban J connectivity index is 2.66. The van der Waals surface area contributed by atoms with E-state index in [4.69, 9.17) is 0 Å². The maximum atomic E-state index is 2.32. The zero-order valence-corrected chi connectivity index (χ0v) is 8.91. The largest absolute Gasteiger partial charge is 0.157 e. The number of thioether (sulfide) groups is 1. The van der Waals surface area contributed by atoms with Crippen LogP contribution in [-0.2, 0) is 0 Å². The molecule has 0 bridgehead atoms. The molecule has 0 aliphatic carbocycles. The van der Waals surface area contributed by atoms with E-state index in [0.29, 0.717) is 0 Å². The van der Waals surface area contributed by atoms with E-state index in [1.54, 1.807) is 11.1 Å². The highest BCUT2D eigenvalue weighted by molar-refractivity contribution is 7.99. The minimum Gasteiger partial charge on any atom is -0.157 e. The van der Waals surface area contributed by atoms with Gasteiger partial charge in [0.2, 0.25) is 0 Å². The van der Waals surface area contributed by atoms with Gasteiger partial charge in [0.15, 0.2) is 0 Å². The Morgan fingerprint density at radius 1 is 1.42 bits per heavy atom. The Kier molecular flexibility index (Phi) is 4.52. The van der Waals surface area contributed by atoms with Crippen LogP contribution in [0.2, 0.25) is 0 Å². The van der Waals surface area contributed by atoms with Crippen LogP contribution in [0.3, 0.4) is 0 Å². The molecule has 0 N–H and O–H groups in total. The molecular weight excluding hydrogens is 164 g/mol. The van der Waals surface area contributed by atoms with Crippen molar-refractivity contribution < 1.29 is 0 Å². The van der Waals surface area contributed by atoms with Crippen LogP contribution in [-0.4, -0.2) is 11.5 Å². The average molecular weight is 182 g/mol. The quantitative estimate of drug-likeness (QED) is 0.640. The van der Waals surface area contributed by atoms with Gasteiger partial charge in [-0.2, -0.15) is 11.8 Å². The minimum atomic E-state index is 1.16. The average Bonchev–Trinajstić information content (AvgIpc) is 2.15. The third-order valence-electron chi connectivity index (χ3n) is 2.24. The molecule has 1 rings (SSSR count). The van der Waals surface area contributed by atoms with Crippen LogP contribution < -0.4 is 0 Å². The monoisotopic (exact) mass is 182 g/mol. The first-order chi connectivity index (χ1) is 5.88. The molecule has 0 aromatic heterocycles. The Morgan fingerprint density at radius 3 is 2.92 bits per heavy atom. The van der Waals surface area contributed by atoms with Crippen molar-refractivity contribution in [1.29, 1.82) is 0 Å². The number of rotatable bonds is 3. The van der Waals surface area contributed by atoms with Crippen LogP contribution >= 0.6 is 11.8 Å². The predicted molar refractivity (Wildman–Crippen MR) is 58.7 cm³/mol. The van der Waals surface area contributed by atoms with Gasteiger partial charge in [-0.05, 0) is 30.6 Å². The second-order valence-electron chi connectivity index (χ2n) is 3.10. The molecular formula is C11H18S. The molecule has 1 aliphatic heterocycles. The number of allylic oxidation sites excluding steroid dienone is 3. The fourth-order valence-electron chi connectivity index (χ4n) is 1.47. The summed E-state index contributed by atoms with van der Waals surface area (Å²) in [5, 5.41) is 0. The van der Waals surface area contributed by atoms with E-state index in [1.165, 1.54) is 24.3 Å². The molecule has 0 spiro atoms. The molecule has 1 heteroatoms. The summed E-state index contributed by atoms with van der Waals surface area (Å²) in [5.74, 6) is 2.56. The van der Waals surface area contributed by atoms with Gasteiger partial charge in [-0.3, -0.25) is 0 Å². The first kappa shape index (κ1) is 9.91. The Hall–Kier alpha value is -0.170. The van der Waals surface area contributed by atoms with Gasteiger partial charge in [0.05, 0.1) is 0 Å². The lowest BCUT2D eigenvalue weighted by Crippen LogP contribution is -2.01. The molecule has 0 radical (unpaired) electrons. The van der Waals surface area contributed by atoms with Crippen LogP contribution in [0.15, 0.2) is 23.3 Å². The van der Waals surface area contributed by atoms with Crippen LogP contribution in [0.25, 0.3) is 0 Å². The number of hydrogen-bond donors (Lipinski definition) is 0. The van der Waals surface area contributed by atoms with E-state index in [-0.39, 0.29) is 0 Å². The first-order valence-corrected chi connectivity index (χ1v) is 5.99. The minimum absolute atomic E-state index is 1.16. The highest BCUT2D eigenvalue weighted by Gasteiger charge is 2.08. The van der Waals surface area contributed by atoms with Gasteiger partial charge in [-0.1, -0.05) is 31.6 Å². The fourth-order valence-corrected chi connectivity index (χ4v) is 2.53. The predicted octanol–water partition coefficient (Wildman–Crippen LogP) is 3.80.